The first-order chi connectivity index (χ1) is 12.8. The van der Waals surface area contributed by atoms with E-state index in [0.29, 0.717) is 34.6 Å². The van der Waals surface area contributed by atoms with E-state index in [4.69, 9.17) is 9.26 Å². The number of rotatable bonds is 4. The summed E-state index contributed by atoms with van der Waals surface area (Å²) >= 11 is 0. The van der Waals surface area contributed by atoms with E-state index in [2.05, 4.69) is 51.3 Å². The maximum Gasteiger partial charge on any atom is 0.232 e. The number of nitrogens with zero attached hydrogens (tertiary/aromatic N) is 8. The van der Waals surface area contributed by atoms with Gasteiger partial charge in [0.2, 0.25) is 11.7 Å². The SMILES string of the molecule is Cc1cc(-c2nnc3c(C(C)(C)C)cc(OCc4ncn(C)n4)nn23)no1. The van der Waals surface area contributed by atoms with E-state index in [0.717, 1.165) is 5.56 Å². The van der Waals surface area contributed by atoms with Gasteiger partial charge >= 0.3 is 0 Å². The smallest absolute Gasteiger partial charge is 0.232 e. The van der Waals surface area contributed by atoms with Crippen LogP contribution < -0.4 is 4.74 Å². The molecule has 10 nitrogen and oxygen atoms in total. The van der Waals surface area contributed by atoms with Crippen molar-refractivity contribution in [1.82, 2.24) is 39.7 Å². The summed E-state index contributed by atoms with van der Waals surface area (Å²) in [6, 6.07) is 3.67. The second-order valence-corrected chi connectivity index (χ2v) is 7.35. The van der Waals surface area contributed by atoms with E-state index >= 15 is 0 Å². The first-order valence-corrected chi connectivity index (χ1v) is 8.49. The fourth-order valence-electron chi connectivity index (χ4n) is 2.70. The van der Waals surface area contributed by atoms with E-state index in [1.165, 1.54) is 0 Å². The van der Waals surface area contributed by atoms with Crippen LogP contribution in [0, 0.1) is 6.92 Å². The Kier molecular flexibility index (Phi) is 3.90. The first-order valence-electron chi connectivity index (χ1n) is 8.49. The normalized spacial score (nSPS) is 12.0. The van der Waals surface area contributed by atoms with Crippen molar-refractivity contribution in [2.75, 3.05) is 0 Å². The highest BCUT2D eigenvalue weighted by Gasteiger charge is 2.24. The Balaban J connectivity index is 1.79. The molecular formula is C17H20N8O2. The van der Waals surface area contributed by atoms with Crippen molar-refractivity contribution in [1.29, 1.82) is 0 Å². The van der Waals surface area contributed by atoms with Gasteiger partial charge in [-0.3, -0.25) is 4.68 Å². The number of hydrogen-bond donors (Lipinski definition) is 0. The molecule has 27 heavy (non-hydrogen) atoms. The Hall–Kier alpha value is -3.30. The van der Waals surface area contributed by atoms with Crippen molar-refractivity contribution in [2.45, 2.75) is 39.7 Å². The molecule has 0 bridgehead atoms. The Morgan fingerprint density at radius 1 is 1.15 bits per heavy atom. The van der Waals surface area contributed by atoms with Gasteiger partial charge in [0, 0.05) is 24.7 Å². The lowest BCUT2D eigenvalue weighted by Gasteiger charge is -2.19. The summed E-state index contributed by atoms with van der Waals surface area (Å²) < 4.78 is 14.3. The number of aromatic nitrogens is 8. The van der Waals surface area contributed by atoms with Crippen LogP contribution in [0.4, 0.5) is 0 Å². The van der Waals surface area contributed by atoms with Crippen molar-refractivity contribution in [3.05, 3.63) is 35.6 Å². The zero-order valence-corrected chi connectivity index (χ0v) is 15.8. The van der Waals surface area contributed by atoms with Gasteiger partial charge < -0.3 is 9.26 Å². The quantitative estimate of drug-likeness (QED) is 0.539. The molecule has 0 radical (unpaired) electrons. The zero-order valence-electron chi connectivity index (χ0n) is 15.8. The minimum Gasteiger partial charge on any atom is -0.468 e. The predicted molar refractivity (Wildman–Crippen MR) is 95.1 cm³/mol. The van der Waals surface area contributed by atoms with Gasteiger partial charge in [0.15, 0.2) is 23.8 Å². The highest BCUT2D eigenvalue weighted by Crippen LogP contribution is 2.30. The summed E-state index contributed by atoms with van der Waals surface area (Å²) in [5.41, 5.74) is 1.99. The van der Waals surface area contributed by atoms with Crippen molar-refractivity contribution in [3.63, 3.8) is 0 Å². The van der Waals surface area contributed by atoms with Gasteiger partial charge in [0.25, 0.3) is 0 Å². The van der Waals surface area contributed by atoms with Gasteiger partial charge in [-0.15, -0.1) is 15.3 Å². The molecule has 0 unspecified atom stereocenters. The van der Waals surface area contributed by atoms with Crippen LogP contribution >= 0.6 is 0 Å². The van der Waals surface area contributed by atoms with Crippen LogP contribution in [-0.4, -0.2) is 39.7 Å². The molecule has 10 heteroatoms. The molecule has 4 aromatic rings. The standard InChI is InChI=1S/C17H20N8O2/c1-10-6-12(23-27-10)16-20-19-15-11(17(2,3)4)7-14(22-25(15)16)26-8-13-18-9-24(5)21-13/h6-7,9H,8H2,1-5H3. The predicted octanol–water partition coefficient (Wildman–Crippen LogP) is 2.09. The fourth-order valence-corrected chi connectivity index (χ4v) is 2.70. The number of ether oxygens (including phenoxy) is 1. The minimum absolute atomic E-state index is 0.185. The molecule has 0 saturated carbocycles. The molecule has 0 N–H and O–H groups in total. The molecule has 140 valence electrons. The van der Waals surface area contributed by atoms with Gasteiger partial charge in [-0.05, 0) is 12.3 Å². The average molecular weight is 368 g/mol. The Bertz CT molecular complexity index is 1100. The largest absolute Gasteiger partial charge is 0.468 e. The van der Waals surface area contributed by atoms with Crippen molar-refractivity contribution < 1.29 is 9.26 Å². The molecule has 0 amide bonds. The first kappa shape index (κ1) is 17.1. The minimum atomic E-state index is -0.185. The molecule has 0 aromatic carbocycles. The molecule has 4 rings (SSSR count). The topological polar surface area (TPSA) is 109 Å². The van der Waals surface area contributed by atoms with Gasteiger partial charge in [-0.2, -0.15) is 9.61 Å². The van der Waals surface area contributed by atoms with Crippen molar-refractivity contribution in [2.24, 2.45) is 7.05 Å². The molecule has 0 aliphatic heterocycles. The highest BCUT2D eigenvalue weighted by atomic mass is 16.5. The molecule has 0 spiro atoms. The fraction of sp³-hybridized carbons (Fsp3) is 0.412. The highest BCUT2D eigenvalue weighted by molar-refractivity contribution is 5.59. The van der Waals surface area contributed by atoms with Crippen LogP contribution in [0.1, 0.15) is 37.9 Å². The van der Waals surface area contributed by atoms with Crippen molar-refractivity contribution >= 4 is 5.65 Å². The Morgan fingerprint density at radius 3 is 2.59 bits per heavy atom. The average Bonchev–Trinajstić information content (AvgIpc) is 3.31. The van der Waals surface area contributed by atoms with Gasteiger partial charge in [-0.25, -0.2) is 4.98 Å². The monoisotopic (exact) mass is 368 g/mol. The molecule has 0 aliphatic rings. The second-order valence-electron chi connectivity index (χ2n) is 7.35. The lowest BCUT2D eigenvalue weighted by atomic mass is 9.88. The molecule has 0 saturated heterocycles. The maximum atomic E-state index is 5.85. The summed E-state index contributed by atoms with van der Waals surface area (Å²) in [7, 11) is 1.81. The Labute approximate surface area is 155 Å². The molecule has 0 atom stereocenters. The van der Waals surface area contributed by atoms with Gasteiger partial charge in [0.1, 0.15) is 12.1 Å². The van der Waals surface area contributed by atoms with Crippen LogP contribution in [0.2, 0.25) is 0 Å². The summed E-state index contributed by atoms with van der Waals surface area (Å²) in [4.78, 5) is 4.17. The van der Waals surface area contributed by atoms with Crippen LogP contribution in [0.15, 0.2) is 23.0 Å². The van der Waals surface area contributed by atoms with E-state index in [9.17, 15) is 0 Å². The van der Waals surface area contributed by atoms with Gasteiger partial charge in [-0.1, -0.05) is 25.9 Å². The molecule has 0 aliphatic carbocycles. The summed E-state index contributed by atoms with van der Waals surface area (Å²) in [6.45, 7) is 8.33. The van der Waals surface area contributed by atoms with E-state index in [-0.39, 0.29) is 12.0 Å². The van der Waals surface area contributed by atoms with E-state index in [1.54, 1.807) is 21.6 Å². The van der Waals surface area contributed by atoms with Crippen LogP contribution in [-0.2, 0) is 19.1 Å². The lowest BCUT2D eigenvalue weighted by Crippen LogP contribution is -2.15. The lowest BCUT2D eigenvalue weighted by molar-refractivity contribution is 0.278. The summed E-state index contributed by atoms with van der Waals surface area (Å²) in [6.07, 6.45) is 1.63. The second kappa shape index (κ2) is 6.15. The van der Waals surface area contributed by atoms with Crippen molar-refractivity contribution in [3.8, 4) is 17.4 Å². The molecule has 4 aromatic heterocycles. The number of aryl methyl sites for hydroxylation is 2. The Morgan fingerprint density at radius 2 is 1.96 bits per heavy atom. The third-order valence-corrected chi connectivity index (χ3v) is 4.01. The number of fused-ring (bicyclic) bond motifs is 1. The third-order valence-electron chi connectivity index (χ3n) is 4.01. The maximum absolute atomic E-state index is 5.85. The van der Waals surface area contributed by atoms with Gasteiger partial charge in [0.05, 0.1) is 0 Å². The van der Waals surface area contributed by atoms with Crippen LogP contribution in [0.3, 0.4) is 0 Å². The van der Waals surface area contributed by atoms with E-state index in [1.807, 2.05) is 20.0 Å². The summed E-state index contributed by atoms with van der Waals surface area (Å²) in [5.74, 6) is 2.19. The molecule has 0 fully saturated rings. The summed E-state index contributed by atoms with van der Waals surface area (Å²) in [5, 5.41) is 21.4. The molecular weight excluding hydrogens is 348 g/mol. The zero-order chi connectivity index (χ0) is 19.2. The third kappa shape index (κ3) is 3.25. The molecule has 4 heterocycles. The van der Waals surface area contributed by atoms with E-state index < -0.39 is 0 Å². The number of hydrogen-bond acceptors (Lipinski definition) is 8. The van der Waals surface area contributed by atoms with Crippen LogP contribution in [0.5, 0.6) is 5.88 Å². The van der Waals surface area contributed by atoms with Crippen LogP contribution in [0.25, 0.3) is 17.2 Å².